The molecule has 122 valence electrons. The summed E-state index contributed by atoms with van der Waals surface area (Å²) in [6, 6.07) is 6.21. The maximum absolute atomic E-state index is 12.4. The Labute approximate surface area is 140 Å². The Morgan fingerprint density at radius 2 is 1.92 bits per heavy atom. The van der Waals surface area contributed by atoms with Crippen LogP contribution in [0.3, 0.4) is 0 Å². The van der Waals surface area contributed by atoms with Gasteiger partial charge in [-0.25, -0.2) is 14.6 Å². The van der Waals surface area contributed by atoms with E-state index in [2.05, 4.69) is 38.6 Å². The standard InChI is InChI=1S/C18H19N5O/c1-11-5-6-12(2)17(7-11)23-14(4)16(9-21-23)22-18(24)15-8-19-10-20-13(15)3/h5-10H,1-4H3,(H,22,24). The molecular formula is C18H19N5O. The molecule has 6 nitrogen and oxygen atoms in total. The second kappa shape index (κ2) is 6.23. The minimum Gasteiger partial charge on any atom is -0.319 e. The molecule has 1 amide bonds. The lowest BCUT2D eigenvalue weighted by Gasteiger charge is -2.10. The SMILES string of the molecule is Cc1ccc(C)c(-n2ncc(NC(=O)c3cncnc3C)c2C)c1. The Kier molecular flexibility index (Phi) is 4.12. The summed E-state index contributed by atoms with van der Waals surface area (Å²) in [6.45, 7) is 7.79. The number of carbonyl (C=O) groups excluding carboxylic acids is 1. The number of nitrogens with one attached hydrogen (secondary N) is 1. The molecule has 2 aromatic heterocycles. The Balaban J connectivity index is 1.92. The first-order valence-electron chi connectivity index (χ1n) is 7.67. The number of aromatic nitrogens is 4. The van der Waals surface area contributed by atoms with Crippen LogP contribution in [0.15, 0.2) is 36.9 Å². The Hall–Kier alpha value is -3.02. The lowest BCUT2D eigenvalue weighted by molar-refractivity contribution is 0.102. The van der Waals surface area contributed by atoms with E-state index in [0.29, 0.717) is 16.9 Å². The fraction of sp³-hybridized carbons (Fsp3) is 0.222. The third-order valence-corrected chi connectivity index (χ3v) is 4.01. The van der Waals surface area contributed by atoms with Crippen molar-refractivity contribution in [2.24, 2.45) is 0 Å². The Bertz CT molecular complexity index is 914. The van der Waals surface area contributed by atoms with Crippen LogP contribution in [0.4, 0.5) is 5.69 Å². The number of aryl methyl sites for hydroxylation is 3. The van der Waals surface area contributed by atoms with E-state index in [1.54, 1.807) is 13.1 Å². The highest BCUT2D eigenvalue weighted by Gasteiger charge is 2.15. The largest absolute Gasteiger partial charge is 0.319 e. The normalized spacial score (nSPS) is 10.7. The van der Waals surface area contributed by atoms with Crippen LogP contribution in [0.1, 0.15) is 32.9 Å². The van der Waals surface area contributed by atoms with Gasteiger partial charge in [-0.15, -0.1) is 0 Å². The number of hydrogen-bond acceptors (Lipinski definition) is 4. The maximum Gasteiger partial charge on any atom is 0.259 e. The number of nitrogens with zero attached hydrogens (tertiary/aromatic N) is 4. The molecule has 0 aliphatic heterocycles. The second-order valence-electron chi connectivity index (χ2n) is 5.82. The highest BCUT2D eigenvalue weighted by atomic mass is 16.1. The topological polar surface area (TPSA) is 72.7 Å². The van der Waals surface area contributed by atoms with Crippen LogP contribution in [-0.2, 0) is 0 Å². The van der Waals surface area contributed by atoms with Crippen molar-refractivity contribution in [2.75, 3.05) is 5.32 Å². The zero-order chi connectivity index (χ0) is 17.3. The highest BCUT2D eigenvalue weighted by molar-refractivity contribution is 6.05. The van der Waals surface area contributed by atoms with Gasteiger partial charge >= 0.3 is 0 Å². The predicted octanol–water partition coefficient (Wildman–Crippen LogP) is 3.15. The first kappa shape index (κ1) is 15.9. The summed E-state index contributed by atoms with van der Waals surface area (Å²) < 4.78 is 1.84. The molecule has 6 heteroatoms. The molecule has 0 bridgehead atoms. The number of carbonyl (C=O) groups is 1. The quantitative estimate of drug-likeness (QED) is 0.804. The van der Waals surface area contributed by atoms with Crippen molar-refractivity contribution in [3.05, 3.63) is 65.0 Å². The average molecular weight is 321 g/mol. The van der Waals surface area contributed by atoms with Gasteiger partial charge in [0.05, 0.1) is 34.5 Å². The highest BCUT2D eigenvalue weighted by Crippen LogP contribution is 2.22. The summed E-state index contributed by atoms with van der Waals surface area (Å²) in [5, 5.41) is 7.32. The predicted molar refractivity (Wildman–Crippen MR) is 92.5 cm³/mol. The average Bonchev–Trinajstić information content (AvgIpc) is 2.91. The Morgan fingerprint density at radius 1 is 1.12 bits per heavy atom. The maximum atomic E-state index is 12.4. The van der Waals surface area contributed by atoms with E-state index in [0.717, 1.165) is 22.5 Å². The first-order chi connectivity index (χ1) is 11.5. The molecule has 0 saturated carbocycles. The number of anilines is 1. The van der Waals surface area contributed by atoms with Crippen molar-refractivity contribution in [2.45, 2.75) is 27.7 Å². The molecule has 0 atom stereocenters. The monoisotopic (exact) mass is 321 g/mol. The van der Waals surface area contributed by atoms with Crippen LogP contribution >= 0.6 is 0 Å². The van der Waals surface area contributed by atoms with Gasteiger partial charge in [0.15, 0.2) is 0 Å². The van der Waals surface area contributed by atoms with E-state index in [9.17, 15) is 4.79 Å². The van der Waals surface area contributed by atoms with Gasteiger partial charge in [0.2, 0.25) is 0 Å². The van der Waals surface area contributed by atoms with Crippen LogP contribution < -0.4 is 5.32 Å². The molecule has 0 spiro atoms. The first-order valence-corrected chi connectivity index (χ1v) is 7.67. The third kappa shape index (κ3) is 2.90. The van der Waals surface area contributed by atoms with E-state index >= 15 is 0 Å². The van der Waals surface area contributed by atoms with Gasteiger partial charge < -0.3 is 5.32 Å². The molecule has 0 fully saturated rings. The lowest BCUT2D eigenvalue weighted by atomic mass is 10.1. The number of amides is 1. The van der Waals surface area contributed by atoms with Gasteiger partial charge in [0.1, 0.15) is 6.33 Å². The van der Waals surface area contributed by atoms with Gasteiger partial charge in [-0.1, -0.05) is 12.1 Å². The van der Waals surface area contributed by atoms with E-state index in [1.165, 1.54) is 12.5 Å². The van der Waals surface area contributed by atoms with Crippen molar-refractivity contribution >= 4 is 11.6 Å². The third-order valence-electron chi connectivity index (χ3n) is 4.01. The van der Waals surface area contributed by atoms with E-state index in [1.807, 2.05) is 25.5 Å². The van der Waals surface area contributed by atoms with E-state index in [4.69, 9.17) is 0 Å². The van der Waals surface area contributed by atoms with Crippen LogP contribution in [0, 0.1) is 27.7 Å². The summed E-state index contributed by atoms with van der Waals surface area (Å²) in [5.74, 6) is -0.239. The molecule has 0 radical (unpaired) electrons. The van der Waals surface area contributed by atoms with Gasteiger partial charge in [0, 0.05) is 6.20 Å². The minimum absolute atomic E-state index is 0.239. The van der Waals surface area contributed by atoms with Gasteiger partial charge in [-0.05, 0) is 44.9 Å². The Morgan fingerprint density at radius 3 is 2.67 bits per heavy atom. The molecule has 0 unspecified atom stereocenters. The summed E-state index contributed by atoms with van der Waals surface area (Å²) >= 11 is 0. The fourth-order valence-corrected chi connectivity index (χ4v) is 2.53. The molecular weight excluding hydrogens is 302 g/mol. The smallest absolute Gasteiger partial charge is 0.259 e. The summed E-state index contributed by atoms with van der Waals surface area (Å²) in [4.78, 5) is 20.4. The number of hydrogen-bond donors (Lipinski definition) is 1. The lowest BCUT2D eigenvalue weighted by Crippen LogP contribution is -2.15. The molecule has 3 aromatic rings. The van der Waals surface area contributed by atoms with Crippen LogP contribution in [0.2, 0.25) is 0 Å². The number of rotatable bonds is 3. The molecule has 0 aliphatic carbocycles. The molecule has 3 rings (SSSR count). The summed E-state index contributed by atoms with van der Waals surface area (Å²) in [6.07, 6.45) is 4.60. The molecule has 1 aromatic carbocycles. The molecule has 1 N–H and O–H groups in total. The van der Waals surface area contributed by atoms with Crippen LogP contribution in [0.5, 0.6) is 0 Å². The van der Waals surface area contributed by atoms with Crippen molar-refractivity contribution in [1.29, 1.82) is 0 Å². The summed E-state index contributed by atoms with van der Waals surface area (Å²) in [7, 11) is 0. The molecule has 0 aliphatic rings. The second-order valence-corrected chi connectivity index (χ2v) is 5.82. The van der Waals surface area contributed by atoms with E-state index < -0.39 is 0 Å². The van der Waals surface area contributed by atoms with Crippen molar-refractivity contribution in [3.8, 4) is 5.69 Å². The molecule has 0 saturated heterocycles. The van der Waals surface area contributed by atoms with Crippen molar-refractivity contribution in [1.82, 2.24) is 19.7 Å². The van der Waals surface area contributed by atoms with Crippen LogP contribution in [-0.4, -0.2) is 25.7 Å². The minimum atomic E-state index is -0.239. The zero-order valence-electron chi connectivity index (χ0n) is 14.2. The van der Waals surface area contributed by atoms with E-state index in [-0.39, 0.29) is 5.91 Å². The van der Waals surface area contributed by atoms with Gasteiger partial charge in [-0.2, -0.15) is 5.10 Å². The zero-order valence-corrected chi connectivity index (χ0v) is 14.2. The van der Waals surface area contributed by atoms with Crippen molar-refractivity contribution < 1.29 is 4.79 Å². The van der Waals surface area contributed by atoms with Crippen molar-refractivity contribution in [3.63, 3.8) is 0 Å². The van der Waals surface area contributed by atoms with Crippen LogP contribution in [0.25, 0.3) is 5.69 Å². The number of benzene rings is 1. The molecule has 2 heterocycles. The van der Waals surface area contributed by atoms with Gasteiger partial charge in [0.25, 0.3) is 5.91 Å². The van der Waals surface area contributed by atoms with Gasteiger partial charge in [-0.3, -0.25) is 4.79 Å². The summed E-state index contributed by atoms with van der Waals surface area (Å²) in [5.41, 5.74) is 5.92. The molecule has 24 heavy (non-hydrogen) atoms. The fourth-order valence-electron chi connectivity index (χ4n) is 2.53.